The van der Waals surface area contributed by atoms with Crippen molar-refractivity contribution in [3.05, 3.63) is 59.2 Å². The lowest BCUT2D eigenvalue weighted by atomic mass is 10.0. The van der Waals surface area contributed by atoms with Crippen LogP contribution in [-0.2, 0) is 11.2 Å². The Morgan fingerprint density at radius 1 is 1.04 bits per heavy atom. The first-order valence-electron chi connectivity index (χ1n) is 9.62. The Kier molecular flexibility index (Phi) is 7.96. The van der Waals surface area contributed by atoms with Crippen LogP contribution in [0, 0.1) is 5.41 Å². The minimum atomic E-state index is -1.08. The number of nitrogen functional groups attached to an aromatic ring is 2. The summed E-state index contributed by atoms with van der Waals surface area (Å²) < 4.78 is 5.68. The highest BCUT2D eigenvalue weighted by molar-refractivity contribution is 6.76. The number of nitrogens with one attached hydrogen (secondary N) is 1. The van der Waals surface area contributed by atoms with Crippen LogP contribution in [-0.4, -0.2) is 33.3 Å². The Morgan fingerprint density at radius 2 is 1.71 bits per heavy atom. The Labute approximate surface area is 169 Å². The highest BCUT2D eigenvalue weighted by atomic mass is 28.3. The zero-order valence-electron chi connectivity index (χ0n) is 17.2. The smallest absolute Gasteiger partial charge is 0.137 e. The molecule has 0 radical (unpaired) electrons. The molecule has 150 valence electrons. The van der Waals surface area contributed by atoms with Gasteiger partial charge in [-0.2, -0.15) is 0 Å². The molecule has 0 saturated heterocycles. The zero-order valence-corrected chi connectivity index (χ0v) is 18.2. The van der Waals surface area contributed by atoms with Crippen molar-refractivity contribution >= 4 is 31.4 Å². The van der Waals surface area contributed by atoms with Gasteiger partial charge in [0.25, 0.3) is 0 Å². The maximum absolute atomic E-state index is 7.45. The summed E-state index contributed by atoms with van der Waals surface area (Å²) >= 11 is 0. The largest absolute Gasteiger partial charge is 0.397 e. The molecule has 6 heteroatoms. The van der Waals surface area contributed by atoms with Crippen LogP contribution in [0.25, 0.3) is 0 Å². The molecule has 0 saturated carbocycles. The van der Waals surface area contributed by atoms with Crippen LogP contribution in [0.2, 0.25) is 25.7 Å². The fourth-order valence-electron chi connectivity index (χ4n) is 2.72. The molecule has 0 fully saturated rings. The number of rotatable bonds is 10. The SMILES string of the molecule is C[Si](C)(C)CCOCN=C(CC=N)c1ccc(Cc2ccc(N)c(N)c2)cc1. The molecule has 0 atom stereocenters. The van der Waals surface area contributed by atoms with Crippen LogP contribution in [0.5, 0.6) is 0 Å². The third-order valence-electron chi connectivity index (χ3n) is 4.49. The van der Waals surface area contributed by atoms with Crippen LogP contribution >= 0.6 is 0 Å². The summed E-state index contributed by atoms with van der Waals surface area (Å²) in [4.78, 5) is 4.57. The Bertz CT molecular complexity index is 810. The van der Waals surface area contributed by atoms with E-state index >= 15 is 0 Å². The topological polar surface area (TPSA) is 97.5 Å². The predicted octanol–water partition coefficient (Wildman–Crippen LogP) is 4.58. The first-order valence-corrected chi connectivity index (χ1v) is 13.3. The van der Waals surface area contributed by atoms with Crippen LogP contribution in [0.3, 0.4) is 0 Å². The molecule has 0 aromatic heterocycles. The van der Waals surface area contributed by atoms with Gasteiger partial charge in [0.1, 0.15) is 6.73 Å². The van der Waals surface area contributed by atoms with E-state index in [0.717, 1.165) is 35.9 Å². The van der Waals surface area contributed by atoms with E-state index in [2.05, 4.69) is 48.9 Å². The molecule has 0 bridgehead atoms. The monoisotopic (exact) mass is 396 g/mol. The van der Waals surface area contributed by atoms with Gasteiger partial charge in [-0.1, -0.05) is 50.0 Å². The summed E-state index contributed by atoms with van der Waals surface area (Å²) in [5.74, 6) is 0. The van der Waals surface area contributed by atoms with E-state index < -0.39 is 8.07 Å². The molecule has 5 nitrogen and oxygen atoms in total. The summed E-state index contributed by atoms with van der Waals surface area (Å²) in [7, 11) is -1.08. The molecular formula is C22H32N4OSi. The van der Waals surface area contributed by atoms with Crippen molar-refractivity contribution in [3.8, 4) is 0 Å². The third-order valence-corrected chi connectivity index (χ3v) is 6.19. The van der Waals surface area contributed by atoms with Gasteiger partial charge in [0.05, 0.1) is 17.1 Å². The average molecular weight is 397 g/mol. The number of benzene rings is 2. The van der Waals surface area contributed by atoms with Crippen LogP contribution < -0.4 is 11.5 Å². The van der Waals surface area contributed by atoms with E-state index in [-0.39, 0.29) is 0 Å². The molecule has 0 unspecified atom stereocenters. The quantitative estimate of drug-likeness (QED) is 0.237. The maximum Gasteiger partial charge on any atom is 0.137 e. The minimum Gasteiger partial charge on any atom is -0.397 e. The molecule has 2 rings (SSSR count). The fraction of sp³-hybridized carbons (Fsp3) is 0.364. The molecule has 0 aliphatic rings. The number of hydrogen-bond donors (Lipinski definition) is 3. The van der Waals surface area contributed by atoms with Gasteiger partial charge in [0.15, 0.2) is 0 Å². The molecule has 0 spiro atoms. The van der Waals surface area contributed by atoms with Crippen molar-refractivity contribution in [2.75, 3.05) is 24.8 Å². The third kappa shape index (κ3) is 7.29. The van der Waals surface area contributed by atoms with E-state index in [0.29, 0.717) is 24.5 Å². The van der Waals surface area contributed by atoms with Crippen LogP contribution in [0.15, 0.2) is 47.5 Å². The lowest BCUT2D eigenvalue weighted by Gasteiger charge is -2.14. The number of aliphatic imine (C=N–C) groups is 1. The lowest BCUT2D eigenvalue weighted by molar-refractivity contribution is 0.155. The zero-order chi connectivity index (χ0) is 20.6. The first kappa shape index (κ1) is 21.9. The van der Waals surface area contributed by atoms with Gasteiger partial charge in [0.2, 0.25) is 0 Å². The molecule has 28 heavy (non-hydrogen) atoms. The van der Waals surface area contributed by atoms with Gasteiger partial charge < -0.3 is 21.6 Å². The molecule has 2 aromatic carbocycles. The van der Waals surface area contributed by atoms with Crippen molar-refractivity contribution in [1.82, 2.24) is 0 Å². The van der Waals surface area contributed by atoms with E-state index in [1.54, 1.807) is 0 Å². The Morgan fingerprint density at radius 3 is 2.32 bits per heavy atom. The molecule has 0 amide bonds. The van der Waals surface area contributed by atoms with E-state index in [1.807, 2.05) is 18.2 Å². The predicted molar refractivity (Wildman–Crippen MR) is 123 cm³/mol. The first-order chi connectivity index (χ1) is 13.3. The van der Waals surface area contributed by atoms with Crippen molar-refractivity contribution in [1.29, 1.82) is 5.41 Å². The highest BCUT2D eigenvalue weighted by Crippen LogP contribution is 2.19. The second-order valence-electron chi connectivity index (χ2n) is 8.20. The van der Waals surface area contributed by atoms with Gasteiger partial charge in [0, 0.05) is 27.3 Å². The molecule has 2 aromatic rings. The average Bonchev–Trinajstić information content (AvgIpc) is 2.63. The van der Waals surface area contributed by atoms with Crippen molar-refractivity contribution in [2.24, 2.45) is 4.99 Å². The molecule has 5 N–H and O–H groups in total. The lowest BCUT2D eigenvalue weighted by Crippen LogP contribution is -2.21. The van der Waals surface area contributed by atoms with Gasteiger partial charge >= 0.3 is 0 Å². The standard InChI is InChI=1S/C22H32N4OSi/c1-28(2,3)13-12-27-16-26-22(10-11-23)19-7-4-17(5-8-19)14-18-6-9-20(24)21(25)15-18/h4-9,11,15,23H,10,12-14,16,24-25H2,1-3H3. The van der Waals surface area contributed by atoms with Crippen LogP contribution in [0.1, 0.15) is 23.1 Å². The molecule has 0 aliphatic carbocycles. The summed E-state index contributed by atoms with van der Waals surface area (Å²) in [6.45, 7) is 8.10. The molecule has 0 heterocycles. The summed E-state index contributed by atoms with van der Waals surface area (Å²) in [6.07, 6.45) is 2.68. The molecule has 0 aliphatic heterocycles. The number of hydrogen-bond acceptors (Lipinski definition) is 5. The second-order valence-corrected chi connectivity index (χ2v) is 13.8. The summed E-state index contributed by atoms with van der Waals surface area (Å²) in [6, 6.07) is 15.2. The Balaban J connectivity index is 1.99. The van der Waals surface area contributed by atoms with E-state index in [1.165, 1.54) is 11.8 Å². The maximum atomic E-state index is 7.45. The van der Waals surface area contributed by atoms with Gasteiger partial charge in [-0.3, -0.25) is 4.99 Å². The normalized spacial score (nSPS) is 12.2. The van der Waals surface area contributed by atoms with Gasteiger partial charge in [-0.15, -0.1) is 0 Å². The second kappa shape index (κ2) is 10.2. The van der Waals surface area contributed by atoms with Crippen molar-refractivity contribution in [3.63, 3.8) is 0 Å². The minimum absolute atomic E-state index is 0.347. The summed E-state index contributed by atoms with van der Waals surface area (Å²) in [5.41, 5.74) is 17.1. The Hall–Kier alpha value is -2.44. The number of anilines is 2. The van der Waals surface area contributed by atoms with E-state index in [4.69, 9.17) is 21.6 Å². The fourth-order valence-corrected chi connectivity index (χ4v) is 3.48. The van der Waals surface area contributed by atoms with Crippen LogP contribution in [0.4, 0.5) is 11.4 Å². The molecular weight excluding hydrogens is 364 g/mol. The van der Waals surface area contributed by atoms with E-state index in [9.17, 15) is 0 Å². The van der Waals surface area contributed by atoms with Gasteiger partial charge in [-0.25, -0.2) is 0 Å². The van der Waals surface area contributed by atoms with Gasteiger partial charge in [-0.05, 0) is 41.3 Å². The van der Waals surface area contributed by atoms with Crippen molar-refractivity contribution in [2.45, 2.75) is 38.5 Å². The van der Waals surface area contributed by atoms with Crippen molar-refractivity contribution < 1.29 is 4.74 Å². The highest BCUT2D eigenvalue weighted by Gasteiger charge is 2.12. The number of nitrogens with two attached hydrogens (primary N) is 2. The number of ether oxygens (including phenoxy) is 1. The summed E-state index contributed by atoms with van der Waals surface area (Å²) in [5, 5.41) is 7.45. The number of nitrogens with zero attached hydrogens (tertiary/aromatic N) is 1.